The number of carbonyl (C=O) groups excluding carboxylic acids is 1. The van der Waals surface area contributed by atoms with E-state index in [9.17, 15) is 41.4 Å². The van der Waals surface area contributed by atoms with Crippen LogP contribution in [0.15, 0.2) is 46.2 Å². The van der Waals surface area contributed by atoms with Gasteiger partial charge in [-0.15, -0.1) is 0 Å². The van der Waals surface area contributed by atoms with Crippen LogP contribution >= 0.6 is 23.5 Å². The SMILES string of the molecule is CSCCC(NS(=O)(=O)c1ccc2c(c1)C(=O)c1cc(S(=O)(=O)NC(CCSC)C(=O)O)ccc1-2)C(=O)O.[K].[K]. The Labute approximate surface area is 326 Å². The first-order chi connectivity index (χ1) is 17.8. The number of carboxylic acids is 2. The number of sulfonamides is 2. The molecule has 40 heavy (non-hydrogen) atoms. The Morgan fingerprint density at radius 2 is 1.07 bits per heavy atom. The molecule has 4 N–H and O–H groups in total. The van der Waals surface area contributed by atoms with Crippen molar-refractivity contribution in [2.75, 3.05) is 24.0 Å². The molecule has 1 aliphatic carbocycles. The second-order valence-corrected chi connectivity index (χ2v) is 13.7. The van der Waals surface area contributed by atoms with E-state index in [0.717, 1.165) is 12.1 Å². The normalized spacial score (nSPS) is 13.8. The molecule has 0 fully saturated rings. The fraction of sp³-hybridized carbons (Fsp3) is 0.348. The summed E-state index contributed by atoms with van der Waals surface area (Å²) < 4.78 is 55.8. The number of thioether (sulfide) groups is 2. The number of benzene rings is 2. The zero-order valence-corrected chi connectivity index (χ0v) is 31.8. The zero-order chi connectivity index (χ0) is 28.3. The molecule has 3 rings (SSSR count). The van der Waals surface area contributed by atoms with Gasteiger partial charge in [-0.3, -0.25) is 14.4 Å². The molecule has 2 unspecified atom stereocenters. The van der Waals surface area contributed by atoms with Gasteiger partial charge in [-0.05, 0) is 72.3 Å². The van der Waals surface area contributed by atoms with Crippen molar-refractivity contribution < 1.29 is 41.4 Å². The molecule has 0 spiro atoms. The van der Waals surface area contributed by atoms with E-state index in [2.05, 4.69) is 9.44 Å². The molecule has 0 saturated carbocycles. The van der Waals surface area contributed by atoms with Gasteiger partial charge in [-0.25, -0.2) is 16.8 Å². The van der Waals surface area contributed by atoms with Crippen molar-refractivity contribution >= 4 is 164 Å². The van der Waals surface area contributed by atoms with Crippen LogP contribution in [0, 0.1) is 0 Å². The Morgan fingerprint density at radius 3 is 1.38 bits per heavy atom. The van der Waals surface area contributed by atoms with Crippen LogP contribution in [0.5, 0.6) is 0 Å². The van der Waals surface area contributed by atoms with Gasteiger partial charge in [0.25, 0.3) is 0 Å². The molecular weight excluding hydrogens is 655 g/mol. The Bertz CT molecular complexity index is 1380. The van der Waals surface area contributed by atoms with Crippen molar-refractivity contribution in [2.45, 2.75) is 34.7 Å². The monoisotopic (exact) mass is 680 g/mol. The maximum absolute atomic E-state index is 13.2. The van der Waals surface area contributed by atoms with Gasteiger partial charge in [-0.1, -0.05) is 12.1 Å². The Kier molecular flexibility index (Phi) is 16.3. The summed E-state index contributed by atoms with van der Waals surface area (Å²) in [5.74, 6) is -2.43. The van der Waals surface area contributed by atoms with Crippen LogP contribution in [0.25, 0.3) is 11.1 Å². The molecule has 1 aliphatic rings. The number of nitrogens with one attached hydrogen (secondary N) is 2. The van der Waals surface area contributed by atoms with Crippen LogP contribution in [0.4, 0.5) is 0 Å². The first-order valence-corrected chi connectivity index (χ1v) is 16.9. The summed E-state index contributed by atoms with van der Waals surface area (Å²) in [5, 5.41) is 18.7. The van der Waals surface area contributed by atoms with Crippen molar-refractivity contribution in [3.8, 4) is 11.1 Å². The largest absolute Gasteiger partial charge is 0.480 e. The molecule has 0 heterocycles. The van der Waals surface area contributed by atoms with Crippen LogP contribution in [-0.2, 0) is 29.6 Å². The standard InChI is InChI=1S/C23H26N2O9S4.2K/c1-35-9-7-19(22(27)28)24-37(31,32)13-3-5-15-16-6-4-14(12-18(16)21(26)17(15)11-13)38(33,34)25-20(23(29)30)8-10-36-2;;/h3-6,11-12,19-20,24-25H,7-10H2,1-2H3,(H,27,28)(H,29,30);;. The molecule has 2 aromatic rings. The number of carbonyl (C=O) groups is 3. The van der Waals surface area contributed by atoms with Crippen LogP contribution in [0.1, 0.15) is 28.8 Å². The molecule has 208 valence electrons. The molecule has 2 radical (unpaired) electrons. The van der Waals surface area contributed by atoms with Crippen molar-refractivity contribution in [1.82, 2.24) is 9.44 Å². The number of hydrogen-bond acceptors (Lipinski definition) is 9. The molecule has 2 aromatic carbocycles. The van der Waals surface area contributed by atoms with Crippen LogP contribution < -0.4 is 9.44 Å². The predicted octanol–water partition coefficient (Wildman–Crippen LogP) is 1.11. The second-order valence-electron chi connectivity index (χ2n) is 8.33. The van der Waals surface area contributed by atoms with Gasteiger partial charge in [0.15, 0.2) is 5.78 Å². The number of ketones is 1. The summed E-state index contributed by atoms with van der Waals surface area (Å²) in [6, 6.07) is 4.85. The van der Waals surface area contributed by atoms with E-state index in [4.69, 9.17) is 0 Å². The summed E-state index contributed by atoms with van der Waals surface area (Å²) in [7, 11) is -8.57. The molecule has 2 atom stereocenters. The molecule has 0 saturated heterocycles. The maximum atomic E-state index is 13.2. The molecule has 17 heteroatoms. The van der Waals surface area contributed by atoms with E-state index in [1.165, 1.54) is 47.8 Å². The van der Waals surface area contributed by atoms with E-state index < -0.39 is 49.9 Å². The van der Waals surface area contributed by atoms with Crippen molar-refractivity contribution in [2.24, 2.45) is 0 Å². The minimum Gasteiger partial charge on any atom is -0.480 e. The van der Waals surface area contributed by atoms with E-state index in [-0.39, 0.29) is 137 Å². The first-order valence-electron chi connectivity index (χ1n) is 11.1. The number of rotatable bonds is 14. The summed E-state index contributed by atoms with van der Waals surface area (Å²) in [5.41, 5.74) is 0.817. The average Bonchev–Trinajstić information content (AvgIpc) is 3.14. The van der Waals surface area contributed by atoms with Crippen LogP contribution in [-0.4, -0.2) is 184 Å². The minimum atomic E-state index is -4.28. The van der Waals surface area contributed by atoms with E-state index in [0.29, 0.717) is 22.6 Å². The Morgan fingerprint density at radius 1 is 0.725 bits per heavy atom. The summed E-state index contributed by atoms with van der Waals surface area (Å²) >= 11 is 2.74. The molecule has 0 aliphatic heterocycles. The molecule has 0 amide bonds. The average molecular weight is 681 g/mol. The fourth-order valence-corrected chi connectivity index (χ4v) is 7.26. The molecular formula is C23H26K2N2O9S4. The van der Waals surface area contributed by atoms with Crippen molar-refractivity contribution in [3.63, 3.8) is 0 Å². The molecule has 11 nitrogen and oxygen atoms in total. The van der Waals surface area contributed by atoms with Crippen LogP contribution in [0.3, 0.4) is 0 Å². The third kappa shape index (κ3) is 9.42. The number of carboxylic acid groups (broad SMARTS) is 2. The molecule has 0 bridgehead atoms. The Balaban J connectivity index is 0.00000400. The van der Waals surface area contributed by atoms with E-state index in [1.54, 1.807) is 12.5 Å². The van der Waals surface area contributed by atoms with Gasteiger partial charge >= 0.3 is 11.9 Å². The summed E-state index contributed by atoms with van der Waals surface area (Å²) in [6.45, 7) is 0. The maximum Gasteiger partial charge on any atom is 0.321 e. The van der Waals surface area contributed by atoms with Crippen LogP contribution in [0.2, 0.25) is 0 Å². The van der Waals surface area contributed by atoms with Gasteiger partial charge < -0.3 is 10.2 Å². The number of hydrogen-bond donors (Lipinski definition) is 4. The third-order valence-electron chi connectivity index (χ3n) is 5.79. The fourth-order valence-electron chi connectivity index (χ4n) is 3.82. The topological polar surface area (TPSA) is 184 Å². The third-order valence-corrected chi connectivity index (χ3v) is 10.0. The van der Waals surface area contributed by atoms with E-state index >= 15 is 0 Å². The van der Waals surface area contributed by atoms with Gasteiger partial charge in [0.2, 0.25) is 20.0 Å². The summed E-state index contributed by atoms with van der Waals surface area (Å²) in [6.07, 6.45) is 3.66. The second kappa shape index (κ2) is 16.8. The molecule has 0 aromatic heterocycles. The van der Waals surface area contributed by atoms with Gasteiger partial charge in [0, 0.05) is 114 Å². The zero-order valence-electron chi connectivity index (χ0n) is 22.3. The Hall–Kier alpha value is 0.843. The smallest absolute Gasteiger partial charge is 0.321 e. The van der Waals surface area contributed by atoms with Gasteiger partial charge in [-0.2, -0.15) is 33.0 Å². The number of fused-ring (bicyclic) bond motifs is 3. The number of aliphatic carboxylic acids is 2. The quantitative estimate of drug-likeness (QED) is 0.179. The predicted molar refractivity (Wildman–Crippen MR) is 156 cm³/mol. The van der Waals surface area contributed by atoms with Gasteiger partial charge in [0.05, 0.1) is 9.79 Å². The summed E-state index contributed by atoms with van der Waals surface area (Å²) in [4.78, 5) is 35.5. The van der Waals surface area contributed by atoms with E-state index in [1.807, 2.05) is 0 Å². The van der Waals surface area contributed by atoms with Crippen molar-refractivity contribution in [3.05, 3.63) is 47.5 Å². The first kappa shape index (κ1) is 38.9. The minimum absolute atomic E-state index is 0. The van der Waals surface area contributed by atoms with Crippen molar-refractivity contribution in [1.29, 1.82) is 0 Å². The van der Waals surface area contributed by atoms with Gasteiger partial charge in [0.1, 0.15) is 12.1 Å².